The first kappa shape index (κ1) is 13.8. The van der Waals surface area contributed by atoms with E-state index in [-0.39, 0.29) is 5.75 Å². The summed E-state index contributed by atoms with van der Waals surface area (Å²) < 4.78 is 5.12. The van der Waals surface area contributed by atoms with Gasteiger partial charge in [0.15, 0.2) is 0 Å². The average molecular weight is 268 g/mol. The molecule has 0 aromatic heterocycles. The van der Waals surface area contributed by atoms with Gasteiger partial charge in [-0.05, 0) is 48.4 Å². The number of phenols is 1. The predicted octanol–water partition coefficient (Wildman–Crippen LogP) is 3.19. The molecule has 0 aliphatic heterocycles. The molecule has 2 aromatic carbocycles. The molecular formula is C16H16N2O2. The fourth-order valence-electron chi connectivity index (χ4n) is 2.00. The first-order chi connectivity index (χ1) is 9.63. The van der Waals surface area contributed by atoms with Gasteiger partial charge in [0.25, 0.3) is 0 Å². The Kier molecular flexibility index (Phi) is 4.11. The van der Waals surface area contributed by atoms with Crippen molar-refractivity contribution in [1.29, 1.82) is 5.26 Å². The molecule has 4 heteroatoms. The quantitative estimate of drug-likeness (QED) is 0.836. The van der Waals surface area contributed by atoms with Gasteiger partial charge in [-0.15, -0.1) is 0 Å². The maximum Gasteiger partial charge on any atom is 0.136 e. The van der Waals surface area contributed by atoms with Crippen LogP contribution in [0.25, 0.3) is 0 Å². The van der Waals surface area contributed by atoms with Crippen LogP contribution in [0.5, 0.6) is 11.5 Å². The van der Waals surface area contributed by atoms with E-state index < -0.39 is 0 Å². The van der Waals surface area contributed by atoms with Crippen LogP contribution < -0.4 is 10.1 Å². The first-order valence-electron chi connectivity index (χ1n) is 6.24. The van der Waals surface area contributed by atoms with Gasteiger partial charge in [0.05, 0.1) is 12.7 Å². The van der Waals surface area contributed by atoms with Gasteiger partial charge in [0.2, 0.25) is 0 Å². The molecule has 4 nitrogen and oxygen atoms in total. The zero-order valence-corrected chi connectivity index (χ0v) is 11.5. The van der Waals surface area contributed by atoms with Crippen LogP contribution in [-0.2, 0) is 6.54 Å². The second-order valence-electron chi connectivity index (χ2n) is 4.50. The summed E-state index contributed by atoms with van der Waals surface area (Å²) in [6.45, 7) is 2.53. The summed E-state index contributed by atoms with van der Waals surface area (Å²) in [7, 11) is 1.55. The molecule has 0 atom stereocenters. The number of aromatic hydroxyl groups is 1. The van der Waals surface area contributed by atoms with Crippen molar-refractivity contribution < 1.29 is 9.84 Å². The van der Waals surface area contributed by atoms with Gasteiger partial charge in [-0.1, -0.05) is 6.07 Å². The summed E-state index contributed by atoms with van der Waals surface area (Å²) in [5.41, 5.74) is 3.44. The Morgan fingerprint density at radius 1 is 1.25 bits per heavy atom. The molecule has 2 rings (SSSR count). The van der Waals surface area contributed by atoms with Gasteiger partial charge in [0.1, 0.15) is 17.6 Å². The molecule has 0 spiro atoms. The van der Waals surface area contributed by atoms with Crippen LogP contribution in [-0.4, -0.2) is 12.2 Å². The van der Waals surface area contributed by atoms with E-state index in [2.05, 4.69) is 11.4 Å². The summed E-state index contributed by atoms with van der Waals surface area (Å²) in [5.74, 6) is 0.835. The molecule has 0 radical (unpaired) electrons. The molecule has 102 valence electrons. The van der Waals surface area contributed by atoms with Crippen LogP contribution in [0.4, 0.5) is 5.69 Å². The zero-order valence-electron chi connectivity index (χ0n) is 11.5. The molecule has 2 N–H and O–H groups in total. The fraction of sp³-hybridized carbons (Fsp3) is 0.188. The van der Waals surface area contributed by atoms with Crippen molar-refractivity contribution in [3.8, 4) is 17.6 Å². The van der Waals surface area contributed by atoms with Crippen molar-refractivity contribution in [2.24, 2.45) is 0 Å². The number of methoxy groups -OCH3 is 1. The third-order valence-corrected chi connectivity index (χ3v) is 3.08. The Morgan fingerprint density at radius 2 is 2.05 bits per heavy atom. The molecular weight excluding hydrogens is 252 g/mol. The van der Waals surface area contributed by atoms with Crippen molar-refractivity contribution >= 4 is 5.69 Å². The topological polar surface area (TPSA) is 65.3 Å². The smallest absolute Gasteiger partial charge is 0.136 e. The van der Waals surface area contributed by atoms with Crippen molar-refractivity contribution in [2.45, 2.75) is 13.5 Å². The van der Waals surface area contributed by atoms with Gasteiger partial charge in [-0.3, -0.25) is 0 Å². The first-order valence-corrected chi connectivity index (χ1v) is 6.24. The third-order valence-electron chi connectivity index (χ3n) is 3.08. The lowest BCUT2D eigenvalue weighted by Gasteiger charge is -2.11. The van der Waals surface area contributed by atoms with Gasteiger partial charge in [0, 0.05) is 12.2 Å². The zero-order chi connectivity index (χ0) is 14.5. The molecule has 0 aliphatic carbocycles. The minimum Gasteiger partial charge on any atom is -0.508 e. The number of nitrogens with one attached hydrogen (secondary N) is 1. The monoisotopic (exact) mass is 268 g/mol. The normalized spacial score (nSPS) is 9.85. The molecule has 0 unspecified atom stereocenters. The number of aryl methyl sites for hydroxylation is 1. The average Bonchev–Trinajstić information content (AvgIpc) is 2.46. The number of nitrogens with zero attached hydrogens (tertiary/aromatic N) is 1. The van der Waals surface area contributed by atoms with Crippen LogP contribution in [0.15, 0.2) is 36.4 Å². The van der Waals surface area contributed by atoms with Crippen molar-refractivity contribution in [3.05, 3.63) is 53.1 Å². The Balaban J connectivity index is 2.13. The van der Waals surface area contributed by atoms with Crippen LogP contribution in [0.3, 0.4) is 0 Å². The van der Waals surface area contributed by atoms with E-state index in [0.29, 0.717) is 17.9 Å². The number of rotatable bonds is 4. The van der Waals surface area contributed by atoms with E-state index in [1.54, 1.807) is 25.3 Å². The molecule has 2 aromatic rings. The van der Waals surface area contributed by atoms with Crippen LogP contribution in [0.2, 0.25) is 0 Å². The number of ether oxygens (including phenoxy) is 1. The van der Waals surface area contributed by atoms with Gasteiger partial charge >= 0.3 is 0 Å². The molecule has 0 fully saturated rings. The fourth-order valence-corrected chi connectivity index (χ4v) is 2.00. The number of benzene rings is 2. The maximum absolute atomic E-state index is 9.37. The molecule has 0 saturated heterocycles. The highest BCUT2D eigenvalue weighted by molar-refractivity contribution is 5.54. The summed E-state index contributed by atoms with van der Waals surface area (Å²) in [6.07, 6.45) is 0. The van der Waals surface area contributed by atoms with E-state index in [0.717, 1.165) is 16.8 Å². The molecule has 0 heterocycles. The lowest BCUT2D eigenvalue weighted by Crippen LogP contribution is -2.01. The second-order valence-corrected chi connectivity index (χ2v) is 4.50. The summed E-state index contributed by atoms with van der Waals surface area (Å²) in [6, 6.07) is 12.8. The summed E-state index contributed by atoms with van der Waals surface area (Å²) in [4.78, 5) is 0. The minimum atomic E-state index is 0.254. The molecule has 0 bridgehead atoms. The maximum atomic E-state index is 9.37. The molecule has 0 aliphatic rings. The molecule has 0 amide bonds. The summed E-state index contributed by atoms with van der Waals surface area (Å²) >= 11 is 0. The number of hydrogen-bond acceptors (Lipinski definition) is 4. The Morgan fingerprint density at radius 3 is 2.70 bits per heavy atom. The van der Waals surface area contributed by atoms with Gasteiger partial charge < -0.3 is 15.2 Å². The standard InChI is InChI=1S/C16H16N2O2/c1-11-7-14(19)4-5-15(11)18-10-12-3-6-16(20-2)13(8-12)9-17/h3-8,18-19H,10H2,1-2H3. The van der Waals surface area contributed by atoms with E-state index >= 15 is 0 Å². The van der Waals surface area contributed by atoms with E-state index in [1.807, 2.05) is 25.1 Å². The minimum absolute atomic E-state index is 0.254. The van der Waals surface area contributed by atoms with E-state index in [1.165, 1.54) is 0 Å². The highest BCUT2D eigenvalue weighted by Gasteiger charge is 2.04. The lowest BCUT2D eigenvalue weighted by atomic mass is 10.1. The number of hydrogen-bond donors (Lipinski definition) is 2. The predicted molar refractivity (Wildman–Crippen MR) is 77.9 cm³/mol. The van der Waals surface area contributed by atoms with E-state index in [4.69, 9.17) is 10.00 Å². The Bertz CT molecular complexity index is 660. The number of phenolic OH excluding ortho intramolecular Hbond substituents is 1. The highest BCUT2D eigenvalue weighted by atomic mass is 16.5. The SMILES string of the molecule is COc1ccc(CNc2ccc(O)cc2C)cc1C#N. The number of anilines is 1. The van der Waals surface area contributed by atoms with E-state index in [9.17, 15) is 5.11 Å². The highest BCUT2D eigenvalue weighted by Crippen LogP contribution is 2.22. The van der Waals surface area contributed by atoms with Crippen molar-refractivity contribution in [2.75, 3.05) is 12.4 Å². The van der Waals surface area contributed by atoms with Crippen molar-refractivity contribution in [3.63, 3.8) is 0 Å². The third kappa shape index (κ3) is 3.01. The molecule has 0 saturated carbocycles. The Labute approximate surface area is 118 Å². The largest absolute Gasteiger partial charge is 0.508 e. The van der Waals surface area contributed by atoms with Crippen LogP contribution >= 0.6 is 0 Å². The molecule has 20 heavy (non-hydrogen) atoms. The number of nitriles is 1. The van der Waals surface area contributed by atoms with Crippen LogP contribution in [0, 0.1) is 18.3 Å². The second kappa shape index (κ2) is 5.98. The van der Waals surface area contributed by atoms with Crippen LogP contribution in [0.1, 0.15) is 16.7 Å². The van der Waals surface area contributed by atoms with Gasteiger partial charge in [-0.25, -0.2) is 0 Å². The lowest BCUT2D eigenvalue weighted by molar-refractivity contribution is 0.413. The Hall–Kier alpha value is -2.67. The van der Waals surface area contributed by atoms with Crippen molar-refractivity contribution in [1.82, 2.24) is 0 Å². The summed E-state index contributed by atoms with van der Waals surface area (Å²) in [5, 5.41) is 21.7. The van der Waals surface area contributed by atoms with Gasteiger partial charge in [-0.2, -0.15) is 5.26 Å².